The molecular formula is C20H23ClN6OS. The molecule has 2 N–H and O–H groups in total. The lowest BCUT2D eigenvalue weighted by Gasteiger charge is -2.29. The number of allylic oxidation sites excluding steroid dienone is 2. The first-order valence-electron chi connectivity index (χ1n) is 9.74. The summed E-state index contributed by atoms with van der Waals surface area (Å²) < 4.78 is 2.34. The van der Waals surface area contributed by atoms with Crippen LogP contribution in [0, 0.1) is 5.41 Å². The molecule has 3 heterocycles. The Balaban J connectivity index is 1.42. The van der Waals surface area contributed by atoms with E-state index in [1.54, 1.807) is 16.8 Å². The lowest BCUT2D eigenvalue weighted by Crippen LogP contribution is -2.32. The second kappa shape index (κ2) is 9.02. The van der Waals surface area contributed by atoms with Crippen LogP contribution < -0.4 is 5.32 Å². The van der Waals surface area contributed by atoms with E-state index >= 15 is 0 Å². The first kappa shape index (κ1) is 20.0. The zero-order valence-electron chi connectivity index (χ0n) is 16.0. The van der Waals surface area contributed by atoms with Gasteiger partial charge in [-0.2, -0.15) is 0 Å². The number of nitrogens with one attached hydrogen (secondary N) is 2. The molecule has 29 heavy (non-hydrogen) atoms. The third-order valence-electron chi connectivity index (χ3n) is 5.05. The molecule has 1 fully saturated rings. The summed E-state index contributed by atoms with van der Waals surface area (Å²) in [6.07, 6.45) is 10.2. The van der Waals surface area contributed by atoms with Crippen molar-refractivity contribution in [2.75, 3.05) is 19.6 Å². The Labute approximate surface area is 178 Å². The molecule has 152 valence electrons. The van der Waals surface area contributed by atoms with Gasteiger partial charge in [-0.05, 0) is 49.7 Å². The number of amides is 1. The van der Waals surface area contributed by atoms with Crippen LogP contribution in [0.1, 0.15) is 41.0 Å². The van der Waals surface area contributed by atoms with Gasteiger partial charge in [0.2, 0.25) is 0 Å². The van der Waals surface area contributed by atoms with Gasteiger partial charge in [0.1, 0.15) is 5.69 Å². The fourth-order valence-corrected chi connectivity index (χ4v) is 4.56. The molecule has 1 aliphatic heterocycles. The molecule has 0 atom stereocenters. The van der Waals surface area contributed by atoms with Crippen molar-refractivity contribution >= 4 is 40.3 Å². The van der Waals surface area contributed by atoms with Crippen molar-refractivity contribution in [2.45, 2.75) is 32.2 Å². The van der Waals surface area contributed by atoms with Gasteiger partial charge in [0.05, 0.1) is 27.7 Å². The summed E-state index contributed by atoms with van der Waals surface area (Å²) in [5.74, 6) is -0.174. The maximum atomic E-state index is 12.2. The molecule has 0 radical (unpaired) electrons. The molecule has 9 heteroatoms. The van der Waals surface area contributed by atoms with Crippen molar-refractivity contribution in [3.63, 3.8) is 0 Å². The van der Waals surface area contributed by atoms with Crippen LogP contribution in [0.2, 0.25) is 4.34 Å². The first-order valence-corrected chi connectivity index (χ1v) is 10.9. The number of likely N-dealkylation sites (tertiary alicyclic amines) is 1. The molecule has 0 aromatic carbocycles. The number of carbonyl (C=O) groups excluding carboxylic acids is 1. The summed E-state index contributed by atoms with van der Waals surface area (Å²) in [6, 6.07) is 3.42. The molecule has 2 aliphatic rings. The molecule has 0 spiro atoms. The predicted molar refractivity (Wildman–Crippen MR) is 116 cm³/mol. The highest BCUT2D eigenvalue weighted by atomic mass is 35.5. The summed E-state index contributed by atoms with van der Waals surface area (Å²) in [7, 11) is 0. The minimum absolute atomic E-state index is 0.174. The summed E-state index contributed by atoms with van der Waals surface area (Å²) in [4.78, 5) is 15.2. The lowest BCUT2D eigenvalue weighted by molar-refractivity contribution is 0.0954. The maximum absolute atomic E-state index is 12.2. The molecule has 1 amide bonds. The van der Waals surface area contributed by atoms with Crippen molar-refractivity contribution in [3.05, 3.63) is 51.0 Å². The van der Waals surface area contributed by atoms with E-state index in [-0.39, 0.29) is 5.91 Å². The topological polar surface area (TPSA) is 86.9 Å². The lowest BCUT2D eigenvalue weighted by atomic mass is 10.0. The van der Waals surface area contributed by atoms with Crippen molar-refractivity contribution in [1.82, 2.24) is 25.2 Å². The van der Waals surface area contributed by atoms with E-state index in [2.05, 4.69) is 20.5 Å². The average molecular weight is 431 g/mol. The first-order chi connectivity index (χ1) is 14.1. The van der Waals surface area contributed by atoms with E-state index in [1.807, 2.05) is 18.3 Å². The zero-order chi connectivity index (χ0) is 20.2. The molecule has 0 saturated carbocycles. The van der Waals surface area contributed by atoms with E-state index in [9.17, 15) is 4.79 Å². The standard InChI is InChI=1S/C20H23ClN6OS/c21-19-7-6-18(29-19)20(28)23-11-16-13-27(25-24-16)17-5-4-15(22)10-14(17)12-26-8-2-1-3-9-26/h5-7,10,13,22H,1-4,8-9,11-12H2,(H,23,28). The number of carbonyl (C=O) groups is 1. The van der Waals surface area contributed by atoms with Gasteiger partial charge in [-0.3, -0.25) is 9.69 Å². The van der Waals surface area contributed by atoms with Crippen LogP contribution in [0.5, 0.6) is 0 Å². The van der Waals surface area contributed by atoms with Crippen molar-refractivity contribution in [1.29, 1.82) is 5.41 Å². The van der Waals surface area contributed by atoms with E-state index in [4.69, 9.17) is 17.0 Å². The molecule has 0 bridgehead atoms. The number of aromatic nitrogens is 3. The molecular weight excluding hydrogens is 408 g/mol. The summed E-state index contributed by atoms with van der Waals surface area (Å²) in [5.41, 5.74) is 3.36. The monoisotopic (exact) mass is 430 g/mol. The van der Waals surface area contributed by atoms with Crippen molar-refractivity contribution in [2.24, 2.45) is 0 Å². The zero-order valence-corrected chi connectivity index (χ0v) is 17.6. The smallest absolute Gasteiger partial charge is 0.261 e. The number of hydrogen-bond donors (Lipinski definition) is 2. The van der Waals surface area contributed by atoms with Gasteiger partial charge in [0, 0.05) is 18.7 Å². The van der Waals surface area contributed by atoms with Crippen LogP contribution in [0.25, 0.3) is 5.70 Å². The van der Waals surface area contributed by atoms with Gasteiger partial charge < -0.3 is 10.7 Å². The van der Waals surface area contributed by atoms with Gasteiger partial charge >= 0.3 is 0 Å². The molecule has 2 aromatic heterocycles. The average Bonchev–Trinajstić information content (AvgIpc) is 3.36. The Bertz CT molecular complexity index is 969. The second-order valence-corrected chi connectivity index (χ2v) is 8.98. The van der Waals surface area contributed by atoms with Crippen molar-refractivity contribution < 1.29 is 4.79 Å². The minimum Gasteiger partial charge on any atom is -0.346 e. The number of thiophene rings is 1. The van der Waals surface area contributed by atoms with Crippen LogP contribution in [-0.4, -0.2) is 51.1 Å². The van der Waals surface area contributed by atoms with Gasteiger partial charge in [0.25, 0.3) is 5.91 Å². The largest absolute Gasteiger partial charge is 0.346 e. The second-order valence-electron chi connectivity index (χ2n) is 7.27. The third-order valence-corrected chi connectivity index (χ3v) is 6.28. The Morgan fingerprint density at radius 3 is 2.86 bits per heavy atom. The Morgan fingerprint density at radius 2 is 2.10 bits per heavy atom. The van der Waals surface area contributed by atoms with Crippen LogP contribution >= 0.6 is 22.9 Å². The maximum Gasteiger partial charge on any atom is 0.261 e. The number of hydrogen-bond acceptors (Lipinski definition) is 6. The number of rotatable bonds is 6. The molecule has 2 aromatic rings. The van der Waals surface area contributed by atoms with Crippen molar-refractivity contribution in [3.8, 4) is 0 Å². The summed E-state index contributed by atoms with van der Waals surface area (Å²) in [6.45, 7) is 3.31. The number of piperidine rings is 1. The van der Waals surface area contributed by atoms with Gasteiger partial charge in [-0.25, -0.2) is 4.68 Å². The van der Waals surface area contributed by atoms with Gasteiger partial charge in [-0.1, -0.05) is 29.3 Å². The minimum atomic E-state index is -0.174. The number of halogens is 1. The highest BCUT2D eigenvalue weighted by molar-refractivity contribution is 7.17. The molecule has 7 nitrogen and oxygen atoms in total. The normalized spacial score (nSPS) is 17.8. The van der Waals surface area contributed by atoms with Crippen LogP contribution in [0.3, 0.4) is 0 Å². The Morgan fingerprint density at radius 1 is 1.28 bits per heavy atom. The highest BCUT2D eigenvalue weighted by Gasteiger charge is 2.19. The number of nitrogens with zero attached hydrogens (tertiary/aromatic N) is 4. The predicted octanol–water partition coefficient (Wildman–Crippen LogP) is 3.60. The fourth-order valence-electron chi connectivity index (χ4n) is 3.60. The van der Waals surface area contributed by atoms with Gasteiger partial charge in [-0.15, -0.1) is 16.4 Å². The van der Waals surface area contributed by atoms with E-state index < -0.39 is 0 Å². The summed E-state index contributed by atoms with van der Waals surface area (Å²) >= 11 is 7.13. The molecule has 0 unspecified atom stereocenters. The van der Waals surface area contributed by atoms with Crippen LogP contribution in [0.4, 0.5) is 0 Å². The van der Waals surface area contributed by atoms with Crippen LogP contribution in [0.15, 0.2) is 36.1 Å². The van der Waals surface area contributed by atoms with Gasteiger partial charge in [0.15, 0.2) is 0 Å². The highest BCUT2D eigenvalue weighted by Crippen LogP contribution is 2.24. The van der Waals surface area contributed by atoms with E-state index in [1.165, 1.54) is 30.6 Å². The molecule has 1 aliphatic carbocycles. The van der Waals surface area contributed by atoms with E-state index in [0.29, 0.717) is 33.6 Å². The quantitative estimate of drug-likeness (QED) is 0.733. The Kier molecular flexibility index (Phi) is 6.22. The third kappa shape index (κ3) is 5.01. The van der Waals surface area contributed by atoms with Crippen LogP contribution in [-0.2, 0) is 6.54 Å². The summed E-state index contributed by atoms with van der Waals surface area (Å²) in [5, 5.41) is 19.4. The molecule has 4 rings (SSSR count). The Hall–Kier alpha value is -2.29. The SMILES string of the molecule is N=C1C=C(CN2CCCCC2)C(n2cc(CNC(=O)c3ccc(Cl)s3)nn2)=CC1. The van der Waals surface area contributed by atoms with E-state index in [0.717, 1.165) is 30.9 Å². The molecule has 1 saturated heterocycles. The fraction of sp³-hybridized carbons (Fsp3) is 0.400.